The first-order valence-corrected chi connectivity index (χ1v) is 6.31. The largest absolute Gasteiger partial charge is 0.469 e. The Hall–Kier alpha value is -1.29. The number of carbonyl (C=O) groups is 1. The van der Waals surface area contributed by atoms with Crippen molar-refractivity contribution >= 4 is 5.91 Å². The van der Waals surface area contributed by atoms with Gasteiger partial charge in [-0.1, -0.05) is 0 Å². The lowest BCUT2D eigenvalue weighted by Gasteiger charge is -2.22. The van der Waals surface area contributed by atoms with Crippen molar-refractivity contribution in [1.82, 2.24) is 10.2 Å². The molecule has 0 saturated heterocycles. The number of aryl methyl sites for hydroxylation is 1. The van der Waals surface area contributed by atoms with Crippen LogP contribution in [-0.4, -0.2) is 29.9 Å². The van der Waals surface area contributed by atoms with Crippen molar-refractivity contribution in [2.75, 3.05) is 13.6 Å². The van der Waals surface area contributed by atoms with Gasteiger partial charge in [0.1, 0.15) is 5.76 Å². The molecule has 0 radical (unpaired) electrons. The average Bonchev–Trinajstić information content (AvgIpc) is 2.62. The van der Waals surface area contributed by atoms with Gasteiger partial charge in [-0.05, 0) is 33.8 Å². The summed E-state index contributed by atoms with van der Waals surface area (Å²) >= 11 is 0. The highest BCUT2D eigenvalue weighted by molar-refractivity contribution is 5.76. The maximum atomic E-state index is 11.9. The van der Waals surface area contributed by atoms with E-state index < -0.39 is 0 Å². The Bertz CT molecular complexity index is 391. The molecule has 0 bridgehead atoms. The summed E-state index contributed by atoms with van der Waals surface area (Å²) in [6, 6.07) is 1.91. The molecule has 0 atom stereocenters. The third-order valence-electron chi connectivity index (χ3n) is 2.79. The number of nitrogens with zero attached hydrogens (tertiary/aromatic N) is 1. The molecule has 1 amide bonds. The van der Waals surface area contributed by atoms with Crippen molar-refractivity contribution in [3.05, 3.63) is 23.7 Å². The van der Waals surface area contributed by atoms with Crippen LogP contribution in [0.5, 0.6) is 0 Å². The van der Waals surface area contributed by atoms with E-state index in [0.29, 0.717) is 19.5 Å². The monoisotopic (exact) mass is 252 g/mol. The van der Waals surface area contributed by atoms with Crippen LogP contribution in [-0.2, 0) is 11.3 Å². The predicted octanol–water partition coefficient (Wildman–Crippen LogP) is 2.32. The van der Waals surface area contributed by atoms with Crippen LogP contribution in [0.4, 0.5) is 0 Å². The summed E-state index contributed by atoms with van der Waals surface area (Å²) in [6.07, 6.45) is 2.18. The highest BCUT2D eigenvalue weighted by Crippen LogP contribution is 2.11. The molecule has 0 fully saturated rings. The number of hydrogen-bond donors (Lipinski definition) is 1. The first-order chi connectivity index (χ1) is 8.29. The molecule has 0 spiro atoms. The fourth-order valence-corrected chi connectivity index (χ4v) is 1.65. The zero-order chi connectivity index (χ0) is 13.8. The minimum absolute atomic E-state index is 0.0556. The van der Waals surface area contributed by atoms with Crippen LogP contribution in [0.1, 0.15) is 38.5 Å². The highest BCUT2D eigenvalue weighted by atomic mass is 16.3. The van der Waals surface area contributed by atoms with Crippen molar-refractivity contribution in [3.63, 3.8) is 0 Å². The Labute approximate surface area is 109 Å². The first kappa shape index (κ1) is 14.8. The smallest absolute Gasteiger partial charge is 0.223 e. The lowest BCUT2D eigenvalue weighted by molar-refractivity contribution is -0.130. The van der Waals surface area contributed by atoms with Gasteiger partial charge in [-0.2, -0.15) is 0 Å². The van der Waals surface area contributed by atoms with E-state index in [1.54, 1.807) is 11.2 Å². The van der Waals surface area contributed by atoms with Crippen molar-refractivity contribution < 1.29 is 9.21 Å². The number of hydrogen-bond acceptors (Lipinski definition) is 3. The normalized spacial score (nSPS) is 11.6. The molecule has 0 unspecified atom stereocenters. The fourth-order valence-electron chi connectivity index (χ4n) is 1.65. The molecule has 0 aliphatic carbocycles. The van der Waals surface area contributed by atoms with Gasteiger partial charge in [0.25, 0.3) is 0 Å². The van der Waals surface area contributed by atoms with Crippen LogP contribution < -0.4 is 5.32 Å². The molecule has 1 aromatic rings. The van der Waals surface area contributed by atoms with Crippen LogP contribution in [0, 0.1) is 6.92 Å². The Kier molecular flexibility index (Phi) is 4.96. The Morgan fingerprint density at radius 3 is 2.61 bits per heavy atom. The topological polar surface area (TPSA) is 45.5 Å². The predicted molar refractivity (Wildman–Crippen MR) is 72.3 cm³/mol. The zero-order valence-electron chi connectivity index (χ0n) is 12.0. The second-order valence-corrected chi connectivity index (χ2v) is 5.68. The van der Waals surface area contributed by atoms with Crippen LogP contribution in [0.2, 0.25) is 0 Å². The van der Waals surface area contributed by atoms with Gasteiger partial charge in [0.2, 0.25) is 5.91 Å². The van der Waals surface area contributed by atoms with Crippen molar-refractivity contribution in [3.8, 4) is 0 Å². The van der Waals surface area contributed by atoms with Crippen molar-refractivity contribution in [1.29, 1.82) is 0 Å². The van der Waals surface area contributed by atoms with Gasteiger partial charge in [-0.25, -0.2) is 0 Å². The standard InChI is InChI=1S/C14H24N2O2/c1-11-12(7-9-18-11)10-16(5)13(17)6-8-15-14(2,3)4/h7,9,15H,6,8,10H2,1-5H3. The highest BCUT2D eigenvalue weighted by Gasteiger charge is 2.13. The Morgan fingerprint density at radius 2 is 2.11 bits per heavy atom. The molecule has 1 heterocycles. The SMILES string of the molecule is Cc1occc1CN(C)C(=O)CCNC(C)(C)C. The molecule has 0 aliphatic rings. The van der Waals surface area contributed by atoms with E-state index in [0.717, 1.165) is 11.3 Å². The summed E-state index contributed by atoms with van der Waals surface area (Å²) < 4.78 is 5.22. The van der Waals surface area contributed by atoms with Gasteiger partial charge >= 0.3 is 0 Å². The summed E-state index contributed by atoms with van der Waals surface area (Å²) in [6.45, 7) is 9.50. The molecule has 0 aromatic carbocycles. The fraction of sp³-hybridized carbons (Fsp3) is 0.643. The molecule has 18 heavy (non-hydrogen) atoms. The first-order valence-electron chi connectivity index (χ1n) is 6.31. The minimum Gasteiger partial charge on any atom is -0.469 e. The van der Waals surface area contributed by atoms with Gasteiger partial charge in [-0.3, -0.25) is 4.79 Å². The maximum absolute atomic E-state index is 11.9. The van der Waals surface area contributed by atoms with E-state index in [4.69, 9.17) is 4.42 Å². The third-order valence-corrected chi connectivity index (χ3v) is 2.79. The molecule has 0 aliphatic heterocycles. The van der Waals surface area contributed by atoms with E-state index in [1.165, 1.54) is 0 Å². The summed E-state index contributed by atoms with van der Waals surface area (Å²) in [5.74, 6) is 1.02. The Balaban J connectivity index is 2.36. The van der Waals surface area contributed by atoms with Gasteiger partial charge < -0.3 is 14.6 Å². The van der Waals surface area contributed by atoms with Crippen molar-refractivity contribution in [2.45, 2.75) is 46.2 Å². The van der Waals surface area contributed by atoms with Crippen LogP contribution in [0.25, 0.3) is 0 Å². The van der Waals surface area contributed by atoms with Crippen LogP contribution in [0.3, 0.4) is 0 Å². The molecule has 4 nitrogen and oxygen atoms in total. The number of carbonyl (C=O) groups excluding carboxylic acids is 1. The average molecular weight is 252 g/mol. The summed E-state index contributed by atoms with van der Waals surface area (Å²) in [5.41, 5.74) is 1.12. The summed E-state index contributed by atoms with van der Waals surface area (Å²) in [7, 11) is 1.83. The van der Waals surface area contributed by atoms with E-state index in [-0.39, 0.29) is 11.4 Å². The molecular formula is C14H24N2O2. The van der Waals surface area contributed by atoms with Gasteiger partial charge in [0, 0.05) is 37.7 Å². The number of amides is 1. The van der Waals surface area contributed by atoms with Crippen LogP contribution in [0.15, 0.2) is 16.7 Å². The number of nitrogens with one attached hydrogen (secondary N) is 1. The lowest BCUT2D eigenvalue weighted by Crippen LogP contribution is -2.38. The zero-order valence-corrected chi connectivity index (χ0v) is 12.0. The lowest BCUT2D eigenvalue weighted by atomic mass is 10.1. The van der Waals surface area contributed by atoms with E-state index in [1.807, 2.05) is 20.0 Å². The van der Waals surface area contributed by atoms with E-state index in [9.17, 15) is 4.79 Å². The van der Waals surface area contributed by atoms with Gasteiger partial charge in [0.15, 0.2) is 0 Å². The summed E-state index contributed by atoms with van der Waals surface area (Å²) in [4.78, 5) is 13.7. The van der Waals surface area contributed by atoms with E-state index >= 15 is 0 Å². The molecule has 102 valence electrons. The number of furan rings is 1. The third kappa shape index (κ3) is 4.92. The number of rotatable bonds is 5. The quantitative estimate of drug-likeness (QED) is 0.874. The van der Waals surface area contributed by atoms with Crippen LogP contribution >= 0.6 is 0 Å². The molecule has 4 heteroatoms. The minimum atomic E-state index is 0.0556. The molecule has 0 saturated carbocycles. The molecule has 1 rings (SSSR count). The van der Waals surface area contributed by atoms with Crippen molar-refractivity contribution in [2.24, 2.45) is 0 Å². The maximum Gasteiger partial charge on any atom is 0.223 e. The molecule has 1 aromatic heterocycles. The second kappa shape index (κ2) is 6.05. The molecular weight excluding hydrogens is 228 g/mol. The van der Waals surface area contributed by atoms with Gasteiger partial charge in [-0.15, -0.1) is 0 Å². The second-order valence-electron chi connectivity index (χ2n) is 5.68. The Morgan fingerprint density at radius 1 is 1.44 bits per heavy atom. The summed E-state index contributed by atoms with van der Waals surface area (Å²) in [5, 5.41) is 3.31. The van der Waals surface area contributed by atoms with Gasteiger partial charge in [0.05, 0.1) is 6.26 Å². The van der Waals surface area contributed by atoms with E-state index in [2.05, 4.69) is 26.1 Å². The molecule has 1 N–H and O–H groups in total.